The highest BCUT2D eigenvalue weighted by molar-refractivity contribution is 7.89. The average molecular weight is 575 g/mol. The van der Waals surface area contributed by atoms with Gasteiger partial charge in [-0.05, 0) is 50.7 Å². The van der Waals surface area contributed by atoms with E-state index in [2.05, 4.69) is 11.4 Å². The van der Waals surface area contributed by atoms with Crippen LogP contribution in [0.4, 0.5) is 10.5 Å². The fourth-order valence-corrected chi connectivity index (χ4v) is 5.74. The Kier molecular flexibility index (Phi) is 11.2. The van der Waals surface area contributed by atoms with Gasteiger partial charge in [-0.15, -0.1) is 0 Å². The lowest BCUT2D eigenvalue weighted by molar-refractivity contribution is -0.385. The van der Waals surface area contributed by atoms with Gasteiger partial charge in [0.25, 0.3) is 5.69 Å². The van der Waals surface area contributed by atoms with Crippen molar-refractivity contribution in [1.29, 1.82) is 5.26 Å². The van der Waals surface area contributed by atoms with Crippen LogP contribution in [0.2, 0.25) is 0 Å². The number of non-ortho nitro benzene ring substituents is 1. The summed E-state index contributed by atoms with van der Waals surface area (Å²) in [4.78, 5) is 23.0. The minimum absolute atomic E-state index is 0.0821. The van der Waals surface area contributed by atoms with Crippen LogP contribution in [-0.2, 0) is 21.2 Å². The Morgan fingerprint density at radius 1 is 1.15 bits per heavy atom. The number of carbonyl (C=O) groups excluding carboxylic acids is 1. The van der Waals surface area contributed by atoms with E-state index < -0.39 is 50.7 Å². The molecule has 2 N–H and O–H groups in total. The number of hydrogen-bond donors (Lipinski definition) is 2. The molecule has 0 aliphatic heterocycles. The second-order valence-electron chi connectivity index (χ2n) is 11.4. The van der Waals surface area contributed by atoms with Crippen LogP contribution < -0.4 is 5.32 Å². The molecule has 0 heterocycles. The Bertz CT molecular complexity index is 1300. The summed E-state index contributed by atoms with van der Waals surface area (Å²) in [7, 11) is -4.33. The molecule has 0 aliphatic rings. The van der Waals surface area contributed by atoms with Gasteiger partial charge in [-0.1, -0.05) is 50.2 Å². The Balaban J connectivity index is 2.46. The molecular weight excluding hydrogens is 536 g/mol. The molecule has 2 aromatic carbocycles. The lowest BCUT2D eigenvalue weighted by Crippen LogP contribution is -2.52. The zero-order valence-electron chi connectivity index (χ0n) is 23.5. The van der Waals surface area contributed by atoms with Gasteiger partial charge < -0.3 is 15.2 Å². The molecule has 0 radical (unpaired) electrons. The van der Waals surface area contributed by atoms with Gasteiger partial charge in [-0.2, -0.15) is 9.57 Å². The van der Waals surface area contributed by atoms with Gasteiger partial charge in [0.05, 0.1) is 28.0 Å². The molecule has 11 nitrogen and oxygen atoms in total. The van der Waals surface area contributed by atoms with E-state index >= 15 is 0 Å². The molecule has 0 saturated heterocycles. The normalized spacial score (nSPS) is 13.8. The number of carbonyl (C=O) groups is 1. The summed E-state index contributed by atoms with van der Waals surface area (Å²) in [6, 6.07) is 14.9. The van der Waals surface area contributed by atoms with E-state index in [0.29, 0.717) is 6.42 Å². The highest BCUT2D eigenvalue weighted by Crippen LogP contribution is 2.29. The minimum Gasteiger partial charge on any atom is -0.444 e. The third-order valence-electron chi connectivity index (χ3n) is 6.04. The monoisotopic (exact) mass is 574 g/mol. The van der Waals surface area contributed by atoms with Gasteiger partial charge in [0, 0.05) is 31.6 Å². The number of nitriles is 1. The maximum Gasteiger partial charge on any atom is 0.407 e. The van der Waals surface area contributed by atoms with Crippen LogP contribution in [0.25, 0.3) is 0 Å². The first-order valence-corrected chi connectivity index (χ1v) is 14.3. The highest BCUT2D eigenvalue weighted by Gasteiger charge is 2.35. The van der Waals surface area contributed by atoms with Crippen LogP contribution >= 0.6 is 0 Å². The summed E-state index contributed by atoms with van der Waals surface area (Å²) in [5, 5.41) is 34.4. The smallest absolute Gasteiger partial charge is 0.407 e. The first-order chi connectivity index (χ1) is 18.5. The van der Waals surface area contributed by atoms with Crippen LogP contribution in [0.3, 0.4) is 0 Å². The number of nitrogens with one attached hydrogen (secondary N) is 1. The number of alkyl carbamates (subject to hydrolysis) is 1. The van der Waals surface area contributed by atoms with E-state index in [0.717, 1.165) is 15.9 Å². The zero-order valence-corrected chi connectivity index (χ0v) is 24.3. The minimum atomic E-state index is -4.33. The van der Waals surface area contributed by atoms with Crippen LogP contribution in [0, 0.1) is 26.9 Å². The number of nitro groups is 1. The Labute approximate surface area is 236 Å². The third-order valence-corrected chi connectivity index (χ3v) is 7.85. The van der Waals surface area contributed by atoms with E-state index in [-0.39, 0.29) is 30.0 Å². The predicted molar refractivity (Wildman–Crippen MR) is 150 cm³/mol. The largest absolute Gasteiger partial charge is 0.444 e. The van der Waals surface area contributed by atoms with Crippen molar-refractivity contribution in [2.45, 2.75) is 76.5 Å². The number of sulfonamides is 1. The number of aliphatic hydroxyl groups is 1. The van der Waals surface area contributed by atoms with E-state index in [1.807, 2.05) is 30.3 Å². The van der Waals surface area contributed by atoms with Crippen LogP contribution in [0.5, 0.6) is 0 Å². The van der Waals surface area contributed by atoms with Gasteiger partial charge in [0.1, 0.15) is 5.60 Å². The van der Waals surface area contributed by atoms with Gasteiger partial charge in [0.15, 0.2) is 0 Å². The Hall–Kier alpha value is -3.53. The maximum atomic E-state index is 13.8. The fourth-order valence-electron chi connectivity index (χ4n) is 4.05. The topological polar surface area (TPSA) is 163 Å². The summed E-state index contributed by atoms with van der Waals surface area (Å²) in [5.41, 5.74) is -1.06. The molecule has 218 valence electrons. The second kappa shape index (κ2) is 13.7. The third kappa shape index (κ3) is 10.2. The summed E-state index contributed by atoms with van der Waals surface area (Å²) in [6.07, 6.45) is -1.40. The zero-order chi connectivity index (χ0) is 30.1. The van der Waals surface area contributed by atoms with Crippen molar-refractivity contribution in [2.75, 3.05) is 13.1 Å². The van der Waals surface area contributed by atoms with Crippen molar-refractivity contribution in [2.24, 2.45) is 5.41 Å². The lowest BCUT2D eigenvalue weighted by atomic mass is 9.88. The first kappa shape index (κ1) is 32.7. The van der Waals surface area contributed by atoms with E-state index in [9.17, 15) is 28.4 Å². The molecular formula is C28H38N4O7S. The molecule has 2 atom stereocenters. The molecule has 0 aliphatic carbocycles. The number of benzene rings is 2. The number of rotatable bonds is 13. The highest BCUT2D eigenvalue weighted by atomic mass is 32.2. The van der Waals surface area contributed by atoms with Crippen molar-refractivity contribution < 1.29 is 28.0 Å². The number of hydrogen-bond acceptors (Lipinski definition) is 8. The number of nitrogens with zero attached hydrogens (tertiary/aromatic N) is 3. The van der Waals surface area contributed by atoms with Crippen molar-refractivity contribution in [1.82, 2.24) is 9.62 Å². The van der Waals surface area contributed by atoms with E-state index in [1.54, 1.807) is 34.6 Å². The summed E-state index contributed by atoms with van der Waals surface area (Å²) >= 11 is 0. The average Bonchev–Trinajstić information content (AvgIpc) is 2.86. The maximum absolute atomic E-state index is 13.8. The molecule has 40 heavy (non-hydrogen) atoms. The van der Waals surface area contributed by atoms with E-state index in [4.69, 9.17) is 10.00 Å². The molecule has 2 aromatic rings. The van der Waals surface area contributed by atoms with Gasteiger partial charge >= 0.3 is 6.09 Å². The molecule has 1 amide bonds. The van der Waals surface area contributed by atoms with Crippen LogP contribution in [0.1, 0.15) is 53.0 Å². The lowest BCUT2D eigenvalue weighted by Gasteiger charge is -2.35. The van der Waals surface area contributed by atoms with Gasteiger partial charge in [-0.25, -0.2) is 13.2 Å². The molecule has 2 rings (SSSR count). The standard InChI is InChI=1S/C28H38N4O7S/c1-27(2,3)39-26(34)30-24(17-21-11-7-6-8-12-21)25(33)19-31(20-28(4,5)15-10-16-29)40(37,38)23-14-9-13-22(18-23)32(35)36/h6-9,11-14,18,24-25,33H,10,15,17,19-20H2,1-5H3,(H,30,34)/t24-,25+/m0/s1. The molecule has 0 bridgehead atoms. The molecule has 0 fully saturated rings. The molecule has 0 aromatic heterocycles. The number of aliphatic hydroxyl groups excluding tert-OH is 1. The van der Waals surface area contributed by atoms with Crippen molar-refractivity contribution >= 4 is 21.8 Å². The quantitative estimate of drug-likeness (QED) is 0.262. The molecule has 12 heteroatoms. The van der Waals surface area contributed by atoms with Crippen LogP contribution in [-0.4, -0.2) is 59.7 Å². The van der Waals surface area contributed by atoms with Crippen molar-refractivity contribution in [3.8, 4) is 6.07 Å². The molecule has 0 spiro atoms. The van der Waals surface area contributed by atoms with Gasteiger partial charge in [0.2, 0.25) is 10.0 Å². The Morgan fingerprint density at radius 3 is 2.38 bits per heavy atom. The number of ether oxygens (including phenoxy) is 1. The molecule has 0 saturated carbocycles. The SMILES string of the molecule is CC(C)(CCC#N)CN(C[C@@H](O)[C@H](Cc1ccccc1)NC(=O)OC(C)(C)C)S(=O)(=O)c1cccc([N+](=O)[O-])c1. The van der Waals surface area contributed by atoms with E-state index in [1.165, 1.54) is 18.2 Å². The summed E-state index contributed by atoms with van der Waals surface area (Å²) < 4.78 is 34.0. The summed E-state index contributed by atoms with van der Waals surface area (Å²) in [6.45, 7) is 8.19. The molecule has 0 unspecified atom stereocenters. The first-order valence-electron chi connectivity index (χ1n) is 12.9. The van der Waals surface area contributed by atoms with Gasteiger partial charge in [-0.3, -0.25) is 10.1 Å². The number of nitro benzene ring substituents is 1. The van der Waals surface area contributed by atoms with Crippen LogP contribution in [0.15, 0.2) is 59.5 Å². The summed E-state index contributed by atoms with van der Waals surface area (Å²) in [5.74, 6) is 0. The predicted octanol–water partition coefficient (Wildman–Crippen LogP) is 4.41. The van der Waals surface area contributed by atoms with Crippen molar-refractivity contribution in [3.63, 3.8) is 0 Å². The fraction of sp³-hybridized carbons (Fsp3) is 0.500. The number of amides is 1. The van der Waals surface area contributed by atoms with Crippen molar-refractivity contribution in [3.05, 3.63) is 70.3 Å². The second-order valence-corrected chi connectivity index (χ2v) is 13.3. The Morgan fingerprint density at radius 2 is 1.80 bits per heavy atom.